The highest BCUT2D eigenvalue weighted by molar-refractivity contribution is 9.10. The summed E-state index contributed by atoms with van der Waals surface area (Å²) in [5.41, 5.74) is 3.92. The predicted molar refractivity (Wildman–Crippen MR) is 200 cm³/mol. The number of nitrogens with one attached hydrogen (secondary N) is 2. The van der Waals surface area contributed by atoms with Crippen molar-refractivity contribution in [1.29, 1.82) is 0 Å². The second kappa shape index (κ2) is 15.6. The van der Waals surface area contributed by atoms with Crippen molar-refractivity contribution < 1.29 is 14.3 Å². The maximum atomic E-state index is 14.0. The molecule has 13 heteroatoms. The molecular weight excluding hydrogens is 751 g/mol. The summed E-state index contributed by atoms with van der Waals surface area (Å²) < 4.78 is 6.88. The molecule has 0 saturated carbocycles. The van der Waals surface area contributed by atoms with E-state index in [1.165, 1.54) is 0 Å². The molecule has 1 aliphatic rings. The van der Waals surface area contributed by atoms with Gasteiger partial charge >= 0.3 is 12.1 Å². The lowest BCUT2D eigenvalue weighted by Gasteiger charge is -2.30. The lowest BCUT2D eigenvalue weighted by atomic mass is 10.1. The summed E-state index contributed by atoms with van der Waals surface area (Å²) in [6, 6.07) is 20.9. The number of carbonyl (C=O) groups is 2. The summed E-state index contributed by atoms with van der Waals surface area (Å²) in [5.74, 6) is 0.370. The molecule has 0 aliphatic carbocycles. The van der Waals surface area contributed by atoms with E-state index in [1.54, 1.807) is 67.1 Å². The van der Waals surface area contributed by atoms with Crippen LogP contribution < -0.4 is 20.3 Å². The Morgan fingerprint density at radius 1 is 0.837 bits per heavy atom. The van der Waals surface area contributed by atoms with Crippen molar-refractivity contribution in [3.8, 4) is 28.1 Å². The normalized spacial score (nSPS) is 13.5. The minimum Gasteiger partial charge on any atom is -0.489 e. The second-order valence-corrected chi connectivity index (χ2v) is 13.5. The van der Waals surface area contributed by atoms with Gasteiger partial charge in [-0.25, -0.2) is 14.5 Å². The zero-order chi connectivity index (χ0) is 34.5. The number of urea groups is 2. The maximum Gasteiger partial charge on any atom is 0.334 e. The van der Waals surface area contributed by atoms with Crippen LogP contribution in [0.4, 0.5) is 26.7 Å². The number of nitrogens with zero attached hydrogens (tertiary/aromatic N) is 4. The molecule has 0 atom stereocenters. The van der Waals surface area contributed by atoms with Gasteiger partial charge in [0.2, 0.25) is 0 Å². The van der Waals surface area contributed by atoms with Gasteiger partial charge < -0.3 is 20.3 Å². The van der Waals surface area contributed by atoms with Gasteiger partial charge in [-0.3, -0.25) is 9.97 Å². The van der Waals surface area contributed by atoms with Crippen molar-refractivity contribution >= 4 is 79.9 Å². The summed E-state index contributed by atoms with van der Waals surface area (Å²) in [4.78, 5) is 39.6. The summed E-state index contributed by atoms with van der Waals surface area (Å²) in [6.45, 7) is 1.78. The number of likely N-dealkylation sites (tertiary alicyclic amines) is 1. The number of rotatable bonds is 7. The number of anilines is 3. The molecule has 3 aromatic carbocycles. The number of carbonyl (C=O) groups excluding carboxylic acids is 2. The van der Waals surface area contributed by atoms with Crippen LogP contribution in [0.1, 0.15) is 12.8 Å². The smallest absolute Gasteiger partial charge is 0.334 e. The molecule has 0 spiro atoms. The van der Waals surface area contributed by atoms with Crippen LogP contribution in [0.15, 0.2) is 102 Å². The van der Waals surface area contributed by atoms with E-state index in [0.29, 0.717) is 47.9 Å². The number of piperidine rings is 1. The number of hydrogen-bond donors (Lipinski definition) is 2. The first-order valence-corrected chi connectivity index (χ1v) is 17.3. The van der Waals surface area contributed by atoms with Crippen LogP contribution in [-0.2, 0) is 0 Å². The number of amides is 4. The number of imide groups is 1. The molecule has 9 nitrogen and oxygen atoms in total. The average Bonchev–Trinajstić information content (AvgIpc) is 3.08. The largest absolute Gasteiger partial charge is 0.489 e. The van der Waals surface area contributed by atoms with Crippen LogP contribution in [-0.4, -0.2) is 53.2 Å². The Balaban J connectivity index is 1.30. The van der Waals surface area contributed by atoms with Crippen LogP contribution in [0.25, 0.3) is 22.4 Å². The standard InChI is InChI=1S/C36H30BrCl3N6O3/c1-45-16-11-26(12-17-45)49-33-21-25(6-8-29(33)38)46(35(47)43-23-5-7-27(30(39)19-23)22-9-14-41-15-10-22)36(48)44-24-18-28(37)34(31(40)20-24)32-4-2-3-13-42-32/h2-10,13-15,18-21,26H,11-12,16-17H2,1H3,(H,43,47)(H,44,48). The van der Waals surface area contributed by atoms with Crippen LogP contribution in [0.2, 0.25) is 15.1 Å². The van der Waals surface area contributed by atoms with Crippen molar-refractivity contribution in [2.24, 2.45) is 0 Å². The summed E-state index contributed by atoms with van der Waals surface area (Å²) >= 11 is 23.4. The Morgan fingerprint density at radius 3 is 2.22 bits per heavy atom. The van der Waals surface area contributed by atoms with Crippen molar-refractivity contribution in [3.63, 3.8) is 0 Å². The molecule has 49 heavy (non-hydrogen) atoms. The van der Waals surface area contributed by atoms with E-state index < -0.39 is 12.1 Å². The van der Waals surface area contributed by atoms with E-state index in [4.69, 9.17) is 39.5 Å². The molecular formula is C36H30BrCl3N6O3. The van der Waals surface area contributed by atoms with Gasteiger partial charge in [0, 0.05) is 64.7 Å². The summed E-state index contributed by atoms with van der Waals surface area (Å²) in [5, 5.41) is 6.74. The molecule has 0 bridgehead atoms. The highest BCUT2D eigenvalue weighted by Gasteiger charge is 2.27. The zero-order valence-electron chi connectivity index (χ0n) is 26.2. The number of benzene rings is 3. The van der Waals surface area contributed by atoms with E-state index in [9.17, 15) is 9.59 Å². The van der Waals surface area contributed by atoms with E-state index >= 15 is 0 Å². The molecule has 5 aromatic rings. The zero-order valence-corrected chi connectivity index (χ0v) is 30.0. The fraction of sp³-hybridized carbons (Fsp3) is 0.167. The Labute approximate surface area is 307 Å². The first-order valence-electron chi connectivity index (χ1n) is 15.3. The van der Waals surface area contributed by atoms with Crippen LogP contribution >= 0.6 is 50.7 Å². The fourth-order valence-electron chi connectivity index (χ4n) is 5.45. The predicted octanol–water partition coefficient (Wildman–Crippen LogP) is 10.3. The Hall–Kier alpha value is -4.19. The molecule has 1 fully saturated rings. The molecule has 2 N–H and O–H groups in total. The van der Waals surface area contributed by atoms with Gasteiger partial charge in [0.1, 0.15) is 11.9 Å². The molecule has 1 saturated heterocycles. The number of ether oxygens (including phenoxy) is 1. The number of aromatic nitrogens is 2. The van der Waals surface area contributed by atoms with Gasteiger partial charge in [0.15, 0.2) is 0 Å². The van der Waals surface area contributed by atoms with Crippen LogP contribution in [0.3, 0.4) is 0 Å². The van der Waals surface area contributed by atoms with Gasteiger partial charge in [-0.05, 0) is 102 Å². The molecule has 6 rings (SSSR count). The topological polar surface area (TPSA) is 99.7 Å². The summed E-state index contributed by atoms with van der Waals surface area (Å²) in [7, 11) is 2.07. The van der Waals surface area contributed by atoms with Gasteiger partial charge in [-0.15, -0.1) is 0 Å². The average molecular weight is 781 g/mol. The van der Waals surface area contributed by atoms with Crippen molar-refractivity contribution in [2.45, 2.75) is 18.9 Å². The van der Waals surface area contributed by atoms with Crippen molar-refractivity contribution in [1.82, 2.24) is 14.9 Å². The molecule has 250 valence electrons. The number of pyridine rings is 2. The maximum absolute atomic E-state index is 14.0. The summed E-state index contributed by atoms with van der Waals surface area (Å²) in [6.07, 6.45) is 6.60. The van der Waals surface area contributed by atoms with E-state index in [2.05, 4.69) is 48.5 Å². The molecule has 2 aromatic heterocycles. The van der Waals surface area contributed by atoms with E-state index in [-0.39, 0.29) is 11.8 Å². The first-order chi connectivity index (χ1) is 23.7. The number of hydrogen-bond acceptors (Lipinski definition) is 6. The minimum absolute atomic E-state index is 0.0572. The molecule has 0 radical (unpaired) electrons. The minimum atomic E-state index is -0.752. The van der Waals surface area contributed by atoms with Crippen LogP contribution in [0.5, 0.6) is 5.75 Å². The fourth-order valence-corrected chi connectivity index (χ4v) is 6.99. The Morgan fingerprint density at radius 2 is 1.55 bits per heavy atom. The van der Waals surface area contributed by atoms with Gasteiger partial charge in [-0.1, -0.05) is 46.9 Å². The highest BCUT2D eigenvalue weighted by atomic mass is 79.9. The molecule has 1 aliphatic heterocycles. The van der Waals surface area contributed by atoms with Gasteiger partial charge in [-0.2, -0.15) is 0 Å². The monoisotopic (exact) mass is 778 g/mol. The second-order valence-electron chi connectivity index (χ2n) is 11.4. The van der Waals surface area contributed by atoms with E-state index in [1.807, 2.05) is 30.3 Å². The van der Waals surface area contributed by atoms with Crippen molar-refractivity contribution in [2.75, 3.05) is 35.7 Å². The third-order valence-corrected chi connectivity index (χ3v) is 9.51. The first kappa shape index (κ1) is 34.7. The Kier molecular flexibility index (Phi) is 11.0. The number of halogens is 4. The van der Waals surface area contributed by atoms with E-state index in [0.717, 1.165) is 42.0 Å². The lowest BCUT2D eigenvalue weighted by Crippen LogP contribution is -2.43. The quantitative estimate of drug-likeness (QED) is 0.171. The Bertz CT molecular complexity index is 1960. The third kappa shape index (κ3) is 8.34. The molecule has 3 heterocycles. The van der Waals surface area contributed by atoms with Gasteiger partial charge in [0.05, 0.1) is 26.4 Å². The van der Waals surface area contributed by atoms with Gasteiger partial charge in [0.25, 0.3) is 0 Å². The molecule has 4 amide bonds. The van der Waals surface area contributed by atoms with Crippen molar-refractivity contribution in [3.05, 3.63) is 117 Å². The van der Waals surface area contributed by atoms with Crippen LogP contribution in [0, 0.1) is 0 Å². The third-order valence-electron chi connectivity index (χ3n) is 7.96. The lowest BCUT2D eigenvalue weighted by molar-refractivity contribution is 0.114. The molecule has 0 unspecified atom stereocenters. The SMILES string of the molecule is CN1CCC(Oc2cc(N(C(=O)Nc3ccc(-c4ccncc4)c(Cl)c3)C(=O)Nc3cc(Cl)c(-c4ccccn4)c(Br)c3)ccc2Cl)CC1. The highest BCUT2D eigenvalue weighted by Crippen LogP contribution is 2.38.